The molecular weight excluding hydrogens is 237 g/mol. The summed E-state index contributed by atoms with van der Waals surface area (Å²) in [5.41, 5.74) is 7.43. The summed E-state index contributed by atoms with van der Waals surface area (Å²) in [4.78, 5) is 0. The van der Waals surface area contributed by atoms with Crippen LogP contribution in [-0.2, 0) is 17.0 Å². The fraction of sp³-hybridized carbons (Fsp3) is 0.538. The Morgan fingerprint density at radius 2 is 1.94 bits per heavy atom. The second kappa shape index (κ2) is 6.38. The van der Waals surface area contributed by atoms with Gasteiger partial charge in [0.2, 0.25) is 0 Å². The van der Waals surface area contributed by atoms with E-state index in [2.05, 4.69) is 0 Å². The second-order valence-corrected chi connectivity index (χ2v) is 5.58. The molecule has 4 heteroatoms. The van der Waals surface area contributed by atoms with Crippen molar-refractivity contribution in [3.05, 3.63) is 35.1 Å². The lowest BCUT2D eigenvalue weighted by Crippen LogP contribution is -2.17. The van der Waals surface area contributed by atoms with Crippen LogP contribution in [-0.4, -0.2) is 18.5 Å². The van der Waals surface area contributed by atoms with E-state index >= 15 is 0 Å². The molecule has 1 heterocycles. The summed E-state index contributed by atoms with van der Waals surface area (Å²) >= 11 is 1.89. The van der Waals surface area contributed by atoms with Crippen LogP contribution in [0.5, 0.6) is 0 Å². The van der Waals surface area contributed by atoms with Crippen LogP contribution in [0, 0.1) is 5.82 Å². The maximum absolute atomic E-state index is 13.3. The Hall–Kier alpha value is -0.580. The molecular formula is C13H18FNOS. The van der Waals surface area contributed by atoms with E-state index in [-0.39, 0.29) is 5.82 Å². The van der Waals surface area contributed by atoms with Gasteiger partial charge in [0.05, 0.1) is 0 Å². The summed E-state index contributed by atoms with van der Waals surface area (Å²) < 4.78 is 18.6. The van der Waals surface area contributed by atoms with E-state index < -0.39 is 0 Å². The number of thioether (sulfide) groups is 1. The number of hydrogen-bond acceptors (Lipinski definition) is 3. The molecule has 1 aromatic carbocycles. The van der Waals surface area contributed by atoms with Crippen molar-refractivity contribution in [3.8, 4) is 0 Å². The van der Waals surface area contributed by atoms with Crippen molar-refractivity contribution in [2.45, 2.75) is 30.4 Å². The molecule has 1 aliphatic heterocycles. The highest BCUT2D eigenvalue weighted by atomic mass is 32.2. The topological polar surface area (TPSA) is 35.2 Å². The first-order chi connectivity index (χ1) is 8.28. The molecule has 1 aromatic rings. The minimum atomic E-state index is -0.185. The van der Waals surface area contributed by atoms with E-state index in [9.17, 15) is 4.39 Å². The van der Waals surface area contributed by atoms with E-state index in [1.807, 2.05) is 17.8 Å². The van der Waals surface area contributed by atoms with E-state index in [0.717, 1.165) is 42.9 Å². The van der Waals surface area contributed by atoms with Crippen molar-refractivity contribution < 1.29 is 9.13 Å². The lowest BCUT2D eigenvalue weighted by molar-refractivity contribution is 0.1000. The highest BCUT2D eigenvalue weighted by molar-refractivity contribution is 7.99. The summed E-state index contributed by atoms with van der Waals surface area (Å²) in [5, 5.41) is 0.647. The number of nitrogens with two attached hydrogens (primary N) is 1. The van der Waals surface area contributed by atoms with Crippen LogP contribution in [0.25, 0.3) is 0 Å². The zero-order valence-electron chi connectivity index (χ0n) is 9.82. The summed E-state index contributed by atoms with van der Waals surface area (Å²) in [6, 6.07) is 5.10. The van der Waals surface area contributed by atoms with Crippen LogP contribution in [0.15, 0.2) is 18.2 Å². The maximum Gasteiger partial charge on any atom is 0.123 e. The number of ether oxygens (including phenoxy) is 1. The van der Waals surface area contributed by atoms with Gasteiger partial charge in [-0.15, -0.1) is 0 Å². The zero-order valence-corrected chi connectivity index (χ0v) is 10.6. The number of hydrogen-bond donors (Lipinski definition) is 1. The molecule has 0 radical (unpaired) electrons. The third-order valence-electron chi connectivity index (χ3n) is 2.91. The Morgan fingerprint density at radius 1 is 1.24 bits per heavy atom. The predicted molar refractivity (Wildman–Crippen MR) is 69.4 cm³/mol. The van der Waals surface area contributed by atoms with Crippen molar-refractivity contribution in [2.75, 3.05) is 13.2 Å². The first-order valence-electron chi connectivity index (χ1n) is 5.95. The number of rotatable bonds is 4. The second-order valence-electron chi connectivity index (χ2n) is 4.29. The molecule has 0 unspecified atom stereocenters. The van der Waals surface area contributed by atoms with Crippen LogP contribution in [0.3, 0.4) is 0 Å². The Balaban J connectivity index is 1.91. The average Bonchev–Trinajstić information content (AvgIpc) is 2.37. The van der Waals surface area contributed by atoms with Gasteiger partial charge < -0.3 is 10.5 Å². The minimum absolute atomic E-state index is 0.185. The normalized spacial score (nSPS) is 17.3. The minimum Gasteiger partial charge on any atom is -0.381 e. The quantitative estimate of drug-likeness (QED) is 0.898. The van der Waals surface area contributed by atoms with Gasteiger partial charge in [-0.05, 0) is 36.1 Å². The van der Waals surface area contributed by atoms with E-state index in [0.29, 0.717) is 11.8 Å². The summed E-state index contributed by atoms with van der Waals surface area (Å²) in [7, 11) is 0. The largest absolute Gasteiger partial charge is 0.381 e. The first kappa shape index (κ1) is 12.9. The van der Waals surface area contributed by atoms with Crippen molar-refractivity contribution in [1.82, 2.24) is 0 Å². The Labute approximate surface area is 106 Å². The van der Waals surface area contributed by atoms with Crippen LogP contribution in [0.1, 0.15) is 24.0 Å². The summed E-state index contributed by atoms with van der Waals surface area (Å²) in [6.07, 6.45) is 2.20. The molecule has 1 aliphatic rings. The number of benzene rings is 1. The average molecular weight is 255 g/mol. The zero-order chi connectivity index (χ0) is 12.1. The molecule has 17 heavy (non-hydrogen) atoms. The molecule has 0 aromatic heterocycles. The van der Waals surface area contributed by atoms with Crippen molar-refractivity contribution >= 4 is 11.8 Å². The van der Waals surface area contributed by atoms with Gasteiger partial charge in [0.1, 0.15) is 5.82 Å². The smallest absolute Gasteiger partial charge is 0.123 e. The van der Waals surface area contributed by atoms with Crippen molar-refractivity contribution in [3.63, 3.8) is 0 Å². The van der Waals surface area contributed by atoms with Crippen molar-refractivity contribution in [2.24, 2.45) is 5.73 Å². The van der Waals surface area contributed by atoms with E-state index in [1.54, 1.807) is 6.07 Å². The molecule has 1 saturated heterocycles. The predicted octanol–water partition coefficient (Wildman–Crippen LogP) is 2.70. The molecule has 0 amide bonds. The highest BCUT2D eigenvalue weighted by Crippen LogP contribution is 2.26. The lowest BCUT2D eigenvalue weighted by Gasteiger charge is -2.21. The fourth-order valence-corrected chi connectivity index (χ4v) is 3.10. The van der Waals surface area contributed by atoms with Gasteiger partial charge in [-0.2, -0.15) is 11.8 Å². The molecule has 1 fully saturated rings. The van der Waals surface area contributed by atoms with Gasteiger partial charge in [0.15, 0.2) is 0 Å². The van der Waals surface area contributed by atoms with Crippen molar-refractivity contribution in [1.29, 1.82) is 0 Å². The van der Waals surface area contributed by atoms with Gasteiger partial charge >= 0.3 is 0 Å². The molecule has 2 rings (SSSR count). The molecule has 2 N–H and O–H groups in total. The summed E-state index contributed by atoms with van der Waals surface area (Å²) in [6.45, 7) is 2.11. The molecule has 0 bridgehead atoms. The standard InChI is InChI=1S/C13H18FNOS/c14-12-6-10(8-15)5-11(7-12)9-17-13-1-3-16-4-2-13/h5-7,13H,1-4,8-9,15H2. The molecule has 94 valence electrons. The summed E-state index contributed by atoms with van der Waals surface area (Å²) in [5.74, 6) is 0.672. The number of halogens is 1. The van der Waals surface area contributed by atoms with E-state index in [4.69, 9.17) is 10.5 Å². The SMILES string of the molecule is NCc1cc(F)cc(CSC2CCOCC2)c1. The molecule has 0 aliphatic carbocycles. The van der Waals surface area contributed by atoms with E-state index in [1.165, 1.54) is 6.07 Å². The Bertz CT molecular complexity index is 366. The van der Waals surface area contributed by atoms with Gasteiger partial charge in [0, 0.05) is 30.8 Å². The van der Waals surface area contributed by atoms with Gasteiger partial charge in [-0.3, -0.25) is 0 Å². The van der Waals surface area contributed by atoms with Gasteiger partial charge in [-0.25, -0.2) is 4.39 Å². The fourth-order valence-electron chi connectivity index (χ4n) is 1.98. The van der Waals surface area contributed by atoms with Crippen LogP contribution in [0.2, 0.25) is 0 Å². The molecule has 0 atom stereocenters. The Morgan fingerprint density at radius 3 is 2.65 bits per heavy atom. The van der Waals surface area contributed by atoms with Gasteiger partial charge in [-0.1, -0.05) is 6.07 Å². The van der Waals surface area contributed by atoms with Crippen LogP contribution < -0.4 is 5.73 Å². The monoisotopic (exact) mass is 255 g/mol. The Kier molecular flexibility index (Phi) is 4.83. The highest BCUT2D eigenvalue weighted by Gasteiger charge is 2.14. The van der Waals surface area contributed by atoms with Gasteiger partial charge in [0.25, 0.3) is 0 Å². The first-order valence-corrected chi connectivity index (χ1v) is 7.00. The molecule has 0 spiro atoms. The van der Waals surface area contributed by atoms with Crippen LogP contribution in [0.4, 0.5) is 4.39 Å². The third kappa shape index (κ3) is 3.98. The lowest BCUT2D eigenvalue weighted by atomic mass is 10.1. The maximum atomic E-state index is 13.3. The molecule has 0 saturated carbocycles. The van der Waals surface area contributed by atoms with Crippen LogP contribution >= 0.6 is 11.8 Å². The molecule has 2 nitrogen and oxygen atoms in total. The third-order valence-corrected chi connectivity index (χ3v) is 4.35.